The van der Waals surface area contributed by atoms with Gasteiger partial charge in [0.15, 0.2) is 11.6 Å². The third-order valence-electron chi connectivity index (χ3n) is 1.38. The normalized spacial score (nSPS) is 9.93. The van der Waals surface area contributed by atoms with Crippen LogP contribution in [0.1, 0.15) is 27.2 Å². The zero-order valence-corrected chi connectivity index (χ0v) is 8.53. The van der Waals surface area contributed by atoms with E-state index in [1.807, 2.05) is 0 Å². The van der Waals surface area contributed by atoms with Gasteiger partial charge in [0.2, 0.25) is 0 Å². The lowest BCUT2D eigenvalue weighted by atomic mass is 10.2. The van der Waals surface area contributed by atoms with Gasteiger partial charge in [-0.05, 0) is 6.92 Å². The van der Waals surface area contributed by atoms with E-state index in [1.54, 1.807) is 0 Å². The molecule has 0 aliphatic carbocycles. The van der Waals surface area contributed by atoms with Gasteiger partial charge in [-0.1, -0.05) is 6.08 Å². The molecule has 0 radical (unpaired) electrons. The maximum absolute atomic E-state index is 10.9. The summed E-state index contributed by atoms with van der Waals surface area (Å²) in [6, 6.07) is 0. The van der Waals surface area contributed by atoms with E-state index in [1.165, 1.54) is 33.0 Å². The highest BCUT2D eigenvalue weighted by atomic mass is 16.1. The highest BCUT2D eigenvalue weighted by molar-refractivity contribution is 6.65. The first-order chi connectivity index (χ1) is 6.45. The van der Waals surface area contributed by atoms with Crippen molar-refractivity contribution in [1.82, 2.24) is 0 Å². The Kier molecular flexibility index (Phi) is 5.29. The van der Waals surface area contributed by atoms with E-state index < -0.39 is 0 Å². The quantitative estimate of drug-likeness (QED) is 0.487. The Morgan fingerprint density at radius 3 is 1.93 bits per heavy atom. The van der Waals surface area contributed by atoms with E-state index in [0.29, 0.717) is 0 Å². The largest absolute Gasteiger partial charge is 0.300 e. The van der Waals surface area contributed by atoms with Crippen LogP contribution in [0.15, 0.2) is 17.3 Å². The van der Waals surface area contributed by atoms with Crippen LogP contribution in [0.4, 0.5) is 0 Å². The summed E-state index contributed by atoms with van der Waals surface area (Å²) in [7, 11) is 0. The van der Waals surface area contributed by atoms with Crippen LogP contribution in [0, 0.1) is 0 Å². The van der Waals surface area contributed by atoms with Gasteiger partial charge in [-0.25, -0.2) is 4.99 Å². The molecule has 0 aromatic rings. The maximum atomic E-state index is 10.9. The van der Waals surface area contributed by atoms with Crippen LogP contribution >= 0.6 is 0 Å². The molecule has 4 nitrogen and oxygen atoms in total. The SMILES string of the molecule is CC(=O)CC=CN=C(C(C)=O)C(C)=O. The van der Waals surface area contributed by atoms with Crippen LogP contribution in [0.2, 0.25) is 0 Å². The molecule has 0 saturated carbocycles. The van der Waals surface area contributed by atoms with Crippen LogP contribution in [0.3, 0.4) is 0 Å². The van der Waals surface area contributed by atoms with Crippen molar-refractivity contribution in [1.29, 1.82) is 0 Å². The molecule has 14 heavy (non-hydrogen) atoms. The average Bonchev–Trinajstić information content (AvgIpc) is 2.01. The first-order valence-corrected chi connectivity index (χ1v) is 4.19. The van der Waals surface area contributed by atoms with Gasteiger partial charge in [0.1, 0.15) is 11.5 Å². The number of Topliss-reactive ketones (excluding diaryl/α,β-unsaturated/α-hetero) is 3. The second kappa shape index (κ2) is 5.96. The third kappa shape index (κ3) is 5.13. The number of rotatable bonds is 5. The highest BCUT2D eigenvalue weighted by Gasteiger charge is 2.09. The van der Waals surface area contributed by atoms with Gasteiger partial charge in [0.25, 0.3) is 0 Å². The van der Waals surface area contributed by atoms with Crippen molar-refractivity contribution in [2.24, 2.45) is 4.99 Å². The summed E-state index contributed by atoms with van der Waals surface area (Å²) >= 11 is 0. The summed E-state index contributed by atoms with van der Waals surface area (Å²) in [4.78, 5) is 35.9. The minimum atomic E-state index is -0.370. The molecule has 0 atom stereocenters. The number of nitrogens with zero attached hydrogens (tertiary/aromatic N) is 1. The second-order valence-corrected chi connectivity index (χ2v) is 2.88. The van der Waals surface area contributed by atoms with Crippen molar-refractivity contribution in [2.45, 2.75) is 27.2 Å². The predicted octanol–water partition coefficient (Wildman–Crippen LogP) is 1.10. The lowest BCUT2D eigenvalue weighted by molar-refractivity contribution is -0.116. The number of aliphatic imine (C=N–C) groups is 1. The van der Waals surface area contributed by atoms with Crippen molar-refractivity contribution < 1.29 is 14.4 Å². The van der Waals surface area contributed by atoms with E-state index in [9.17, 15) is 14.4 Å². The summed E-state index contributed by atoms with van der Waals surface area (Å²) < 4.78 is 0. The van der Waals surface area contributed by atoms with E-state index in [4.69, 9.17) is 0 Å². The standard InChI is InChI=1S/C10H13NO3/c1-7(12)5-4-6-11-10(8(2)13)9(3)14/h4,6H,5H2,1-3H3. The van der Waals surface area contributed by atoms with Crippen LogP contribution in [-0.4, -0.2) is 23.1 Å². The van der Waals surface area contributed by atoms with Gasteiger partial charge in [0.05, 0.1) is 0 Å². The Bertz CT molecular complexity index is 297. The molecule has 0 amide bonds. The monoisotopic (exact) mass is 195 g/mol. The minimum absolute atomic E-state index is 0.00338. The topological polar surface area (TPSA) is 63.6 Å². The Morgan fingerprint density at radius 2 is 1.57 bits per heavy atom. The molecule has 0 rings (SSSR count). The molecule has 76 valence electrons. The molecular formula is C10H13NO3. The van der Waals surface area contributed by atoms with E-state index in [0.717, 1.165) is 0 Å². The predicted molar refractivity (Wildman–Crippen MR) is 53.2 cm³/mol. The molecule has 0 bridgehead atoms. The number of carbonyl (C=O) groups is 3. The number of allylic oxidation sites excluding steroid dienone is 1. The lowest BCUT2D eigenvalue weighted by Crippen LogP contribution is -2.18. The molecule has 0 N–H and O–H groups in total. The zero-order chi connectivity index (χ0) is 11.1. The van der Waals surface area contributed by atoms with Crippen molar-refractivity contribution in [3.05, 3.63) is 12.3 Å². The van der Waals surface area contributed by atoms with E-state index >= 15 is 0 Å². The van der Waals surface area contributed by atoms with Crippen molar-refractivity contribution in [2.75, 3.05) is 0 Å². The number of ketones is 3. The molecule has 0 unspecified atom stereocenters. The number of hydrogen-bond donors (Lipinski definition) is 0. The van der Waals surface area contributed by atoms with Gasteiger partial charge in [-0.15, -0.1) is 0 Å². The van der Waals surface area contributed by atoms with Gasteiger partial charge >= 0.3 is 0 Å². The lowest BCUT2D eigenvalue weighted by Gasteiger charge is -1.92. The second-order valence-electron chi connectivity index (χ2n) is 2.88. The summed E-state index contributed by atoms with van der Waals surface area (Å²) in [5.41, 5.74) is -0.0928. The van der Waals surface area contributed by atoms with E-state index in [2.05, 4.69) is 4.99 Å². The molecule has 0 aromatic carbocycles. The molecule has 0 fully saturated rings. The number of hydrogen-bond acceptors (Lipinski definition) is 4. The fraction of sp³-hybridized carbons (Fsp3) is 0.400. The molecule has 0 saturated heterocycles. The Balaban J connectivity index is 4.46. The van der Waals surface area contributed by atoms with Crippen molar-refractivity contribution in [3.8, 4) is 0 Å². The molecule has 0 heterocycles. The summed E-state index contributed by atoms with van der Waals surface area (Å²) in [6.45, 7) is 4.00. The molecule has 0 aliphatic rings. The fourth-order valence-electron chi connectivity index (χ4n) is 0.776. The van der Waals surface area contributed by atoms with Crippen LogP contribution in [0.5, 0.6) is 0 Å². The fourth-order valence-corrected chi connectivity index (χ4v) is 0.776. The van der Waals surface area contributed by atoms with Crippen molar-refractivity contribution in [3.63, 3.8) is 0 Å². The van der Waals surface area contributed by atoms with E-state index in [-0.39, 0.29) is 29.5 Å². The van der Waals surface area contributed by atoms with Crippen LogP contribution in [0.25, 0.3) is 0 Å². The van der Waals surface area contributed by atoms with Crippen LogP contribution in [-0.2, 0) is 14.4 Å². The Labute approximate surface area is 82.7 Å². The van der Waals surface area contributed by atoms with Gasteiger partial charge < -0.3 is 0 Å². The molecule has 0 aromatic heterocycles. The molecule has 4 heteroatoms. The average molecular weight is 195 g/mol. The van der Waals surface area contributed by atoms with Gasteiger partial charge in [0, 0.05) is 26.5 Å². The first-order valence-electron chi connectivity index (χ1n) is 4.19. The van der Waals surface area contributed by atoms with Gasteiger partial charge in [-0.2, -0.15) is 0 Å². The van der Waals surface area contributed by atoms with Gasteiger partial charge in [-0.3, -0.25) is 14.4 Å². The smallest absolute Gasteiger partial charge is 0.181 e. The summed E-state index contributed by atoms with van der Waals surface area (Å²) in [5, 5.41) is 0. The third-order valence-corrected chi connectivity index (χ3v) is 1.38. The maximum Gasteiger partial charge on any atom is 0.181 e. The molecule has 0 aliphatic heterocycles. The minimum Gasteiger partial charge on any atom is -0.300 e. The molecule has 0 spiro atoms. The first kappa shape index (κ1) is 12.4. The zero-order valence-electron chi connectivity index (χ0n) is 8.53. The van der Waals surface area contributed by atoms with Crippen LogP contribution < -0.4 is 0 Å². The van der Waals surface area contributed by atoms with Crippen molar-refractivity contribution >= 4 is 23.1 Å². The number of carbonyl (C=O) groups excluding carboxylic acids is 3. The molecular weight excluding hydrogens is 182 g/mol. The summed E-state index contributed by atoms with van der Waals surface area (Å²) in [6.07, 6.45) is 3.07. The Morgan fingerprint density at radius 1 is 1.07 bits per heavy atom. The highest BCUT2D eigenvalue weighted by Crippen LogP contribution is 1.89. The summed E-state index contributed by atoms with van der Waals surface area (Å²) in [5.74, 6) is -0.737. The Hall–Kier alpha value is -1.58.